The van der Waals surface area contributed by atoms with Gasteiger partial charge in [0.05, 0.1) is 17.2 Å². The van der Waals surface area contributed by atoms with Gasteiger partial charge in [-0.3, -0.25) is 0 Å². The molecule has 7 heteroatoms. The Morgan fingerprint density at radius 2 is 1.64 bits per heavy atom. The fourth-order valence-corrected chi connectivity index (χ4v) is 9.73. The van der Waals surface area contributed by atoms with E-state index in [1.54, 1.807) is 6.07 Å². The SMILES string of the molecule is Cc1cccc(C)c1-c1cc2nc(n1)NS(=O)(=O)c1cccc(c1)C(C1CC3(C1)CC(C)(C)C3)[C@H](CC(C)(C)C)CO2. The van der Waals surface area contributed by atoms with Gasteiger partial charge in [-0.25, -0.2) is 18.1 Å². The maximum atomic E-state index is 13.7. The Morgan fingerprint density at radius 3 is 2.29 bits per heavy atom. The fourth-order valence-electron chi connectivity index (χ4n) is 8.73. The van der Waals surface area contributed by atoms with Gasteiger partial charge in [0, 0.05) is 17.5 Å². The Bertz CT molecular complexity index is 1590. The third-order valence-corrected chi connectivity index (χ3v) is 11.0. The summed E-state index contributed by atoms with van der Waals surface area (Å²) in [5.74, 6) is 1.32. The van der Waals surface area contributed by atoms with Crippen LogP contribution in [0.15, 0.2) is 53.4 Å². The van der Waals surface area contributed by atoms with E-state index in [9.17, 15) is 8.42 Å². The topological polar surface area (TPSA) is 81.2 Å². The second kappa shape index (κ2) is 10.1. The number of aromatic nitrogens is 2. The highest BCUT2D eigenvalue weighted by atomic mass is 32.2. The maximum Gasteiger partial charge on any atom is 0.264 e. The van der Waals surface area contributed by atoms with Crippen LogP contribution in [0.2, 0.25) is 0 Å². The lowest BCUT2D eigenvalue weighted by atomic mass is 9.41. The van der Waals surface area contributed by atoms with E-state index in [4.69, 9.17) is 4.74 Å². The monoisotopic (exact) mass is 587 g/mol. The minimum Gasteiger partial charge on any atom is -0.477 e. The van der Waals surface area contributed by atoms with E-state index in [1.165, 1.54) is 25.7 Å². The van der Waals surface area contributed by atoms with E-state index in [0.717, 1.165) is 28.7 Å². The zero-order chi connectivity index (χ0) is 30.1. The molecule has 0 amide bonds. The molecule has 0 radical (unpaired) electrons. The van der Waals surface area contributed by atoms with Gasteiger partial charge in [-0.05, 0) is 103 Å². The molecule has 2 aromatic carbocycles. The predicted octanol–water partition coefficient (Wildman–Crippen LogP) is 8.31. The zero-order valence-electron chi connectivity index (χ0n) is 26.1. The Kier molecular flexibility index (Phi) is 6.99. The number of fused-ring (bicyclic) bond motifs is 4. The van der Waals surface area contributed by atoms with Crippen molar-refractivity contribution in [3.05, 3.63) is 65.2 Å². The van der Waals surface area contributed by atoms with Crippen molar-refractivity contribution in [2.24, 2.45) is 28.1 Å². The van der Waals surface area contributed by atoms with Crippen LogP contribution in [0.25, 0.3) is 11.3 Å². The Morgan fingerprint density at radius 1 is 0.976 bits per heavy atom. The molecule has 224 valence electrons. The molecule has 3 aliphatic rings. The lowest BCUT2D eigenvalue weighted by Gasteiger charge is -2.64. The summed E-state index contributed by atoms with van der Waals surface area (Å²) in [4.78, 5) is 9.48. The number of benzene rings is 2. The molecule has 1 aromatic heterocycles. The number of aryl methyl sites for hydroxylation is 2. The number of sulfonamides is 1. The smallest absolute Gasteiger partial charge is 0.264 e. The minimum absolute atomic E-state index is 0.0218. The maximum absolute atomic E-state index is 13.7. The van der Waals surface area contributed by atoms with Crippen molar-refractivity contribution in [3.8, 4) is 17.1 Å². The molecular weight excluding hydrogens is 542 g/mol. The summed E-state index contributed by atoms with van der Waals surface area (Å²) >= 11 is 0. The van der Waals surface area contributed by atoms with Crippen molar-refractivity contribution in [2.75, 3.05) is 11.3 Å². The molecule has 1 spiro atoms. The van der Waals surface area contributed by atoms with E-state index in [0.29, 0.717) is 34.9 Å². The molecule has 1 aliphatic heterocycles. The molecule has 2 fully saturated rings. The lowest BCUT2D eigenvalue weighted by molar-refractivity contribution is -0.123. The third kappa shape index (κ3) is 5.69. The number of ether oxygens (including phenoxy) is 1. The first-order valence-corrected chi connectivity index (χ1v) is 16.8. The van der Waals surface area contributed by atoms with Crippen molar-refractivity contribution in [2.45, 2.75) is 91.4 Å². The van der Waals surface area contributed by atoms with Crippen LogP contribution >= 0.6 is 0 Å². The lowest BCUT2D eigenvalue weighted by Crippen LogP contribution is -2.53. The van der Waals surface area contributed by atoms with Crippen LogP contribution in [0.5, 0.6) is 5.88 Å². The summed E-state index contributed by atoms with van der Waals surface area (Å²) in [6.45, 7) is 16.2. The van der Waals surface area contributed by atoms with E-state index in [-0.39, 0.29) is 28.1 Å². The van der Waals surface area contributed by atoms with Crippen molar-refractivity contribution in [1.82, 2.24) is 9.97 Å². The Balaban J connectivity index is 1.44. The molecule has 3 aromatic rings. The van der Waals surface area contributed by atoms with Gasteiger partial charge in [0.2, 0.25) is 11.8 Å². The van der Waals surface area contributed by atoms with Crippen molar-refractivity contribution < 1.29 is 13.2 Å². The molecule has 2 aliphatic carbocycles. The van der Waals surface area contributed by atoms with Crippen LogP contribution in [-0.4, -0.2) is 25.0 Å². The number of nitrogens with zero attached hydrogens (tertiary/aromatic N) is 2. The standard InChI is InChI=1S/C35H45N3O3S/c1-22-10-8-11-23(2)30(22)28-15-29-37-32(36-28)38-42(39,40)27-13-9-12-24(14-27)31(26(19-41-29)16-33(3,4)5)25-17-35(18-25)20-34(6,7)21-35/h8-15,25-26,31H,16-21H2,1-7H3,(H,36,37,38)/t26-,31?/m1/s1. The molecule has 2 atom stereocenters. The Labute approximate surface area is 251 Å². The highest BCUT2D eigenvalue weighted by Crippen LogP contribution is 2.68. The van der Waals surface area contributed by atoms with Crippen LogP contribution in [-0.2, 0) is 10.0 Å². The van der Waals surface area contributed by atoms with E-state index in [1.807, 2.05) is 50.2 Å². The van der Waals surface area contributed by atoms with Gasteiger partial charge in [0.25, 0.3) is 10.0 Å². The summed E-state index contributed by atoms with van der Waals surface area (Å²) < 4.78 is 36.7. The molecule has 1 N–H and O–H groups in total. The summed E-state index contributed by atoms with van der Waals surface area (Å²) in [5, 5.41) is 0. The number of hydrogen-bond acceptors (Lipinski definition) is 5. The molecule has 4 bridgehead atoms. The minimum atomic E-state index is -3.92. The van der Waals surface area contributed by atoms with E-state index >= 15 is 0 Å². The predicted molar refractivity (Wildman–Crippen MR) is 168 cm³/mol. The molecule has 1 unspecified atom stereocenters. The van der Waals surface area contributed by atoms with Crippen LogP contribution < -0.4 is 9.46 Å². The molecule has 42 heavy (non-hydrogen) atoms. The Hall–Kier alpha value is -2.93. The zero-order valence-corrected chi connectivity index (χ0v) is 26.9. The first kappa shape index (κ1) is 29.2. The first-order valence-electron chi connectivity index (χ1n) is 15.3. The van der Waals surface area contributed by atoms with Gasteiger partial charge < -0.3 is 4.74 Å². The van der Waals surface area contributed by atoms with Crippen LogP contribution in [0.1, 0.15) is 89.3 Å². The second-order valence-electron chi connectivity index (χ2n) is 15.4. The van der Waals surface area contributed by atoms with Crippen molar-refractivity contribution in [3.63, 3.8) is 0 Å². The highest BCUT2D eigenvalue weighted by Gasteiger charge is 2.58. The van der Waals surface area contributed by atoms with Gasteiger partial charge in [-0.2, -0.15) is 4.98 Å². The van der Waals surface area contributed by atoms with Gasteiger partial charge in [0.1, 0.15) is 0 Å². The quantitative estimate of drug-likeness (QED) is 0.333. The van der Waals surface area contributed by atoms with E-state index < -0.39 is 10.0 Å². The summed E-state index contributed by atoms with van der Waals surface area (Å²) in [6.07, 6.45) is 5.93. The first-order chi connectivity index (χ1) is 19.6. The normalized spacial score (nSPS) is 24.3. The number of anilines is 1. The van der Waals surface area contributed by atoms with Crippen LogP contribution in [0.4, 0.5) is 5.95 Å². The molecule has 0 saturated heterocycles. The third-order valence-electron chi connectivity index (χ3n) is 9.65. The number of hydrogen-bond donors (Lipinski definition) is 1. The van der Waals surface area contributed by atoms with Crippen LogP contribution in [0, 0.1) is 41.9 Å². The molecule has 6 rings (SSSR count). The average Bonchev–Trinajstić information content (AvgIpc) is 2.83. The number of nitrogens with one attached hydrogen (secondary N) is 1. The molecule has 6 nitrogen and oxygen atoms in total. The second-order valence-corrected chi connectivity index (χ2v) is 17.1. The highest BCUT2D eigenvalue weighted by molar-refractivity contribution is 7.92. The van der Waals surface area contributed by atoms with Crippen LogP contribution in [0.3, 0.4) is 0 Å². The summed E-state index contributed by atoms with van der Waals surface area (Å²) in [7, 11) is -3.92. The number of rotatable bonds is 3. The largest absolute Gasteiger partial charge is 0.477 e. The van der Waals surface area contributed by atoms with Crippen molar-refractivity contribution in [1.29, 1.82) is 0 Å². The molecule has 2 saturated carbocycles. The van der Waals surface area contributed by atoms with Gasteiger partial charge in [-0.15, -0.1) is 0 Å². The summed E-state index contributed by atoms with van der Waals surface area (Å²) in [5.41, 5.74) is 5.80. The average molecular weight is 588 g/mol. The van der Waals surface area contributed by atoms with Gasteiger partial charge in [-0.1, -0.05) is 65.0 Å². The fraction of sp³-hybridized carbons (Fsp3) is 0.543. The molecular formula is C35H45N3O3S. The van der Waals surface area contributed by atoms with Crippen molar-refractivity contribution >= 4 is 16.0 Å². The van der Waals surface area contributed by atoms with Gasteiger partial charge in [0.15, 0.2) is 0 Å². The van der Waals surface area contributed by atoms with E-state index in [2.05, 4.69) is 55.4 Å². The summed E-state index contributed by atoms with van der Waals surface area (Å²) in [6, 6.07) is 15.5. The van der Waals surface area contributed by atoms with Gasteiger partial charge >= 0.3 is 0 Å². The molecule has 2 heterocycles.